The fourth-order valence-corrected chi connectivity index (χ4v) is 2.88. The molecule has 2 amide bonds. The molecule has 126 valence electrons. The Morgan fingerprint density at radius 1 is 1.17 bits per heavy atom. The summed E-state index contributed by atoms with van der Waals surface area (Å²) in [6, 6.07) is 15.7. The fraction of sp³-hybridized carbons (Fsp3) is 0.316. The van der Waals surface area contributed by atoms with Crippen LogP contribution in [0.3, 0.4) is 0 Å². The Labute approximate surface area is 141 Å². The maximum Gasteiger partial charge on any atom is 0.321 e. The van der Waals surface area contributed by atoms with Gasteiger partial charge in [0, 0.05) is 24.7 Å². The molecule has 0 saturated carbocycles. The molecule has 2 aromatic rings. The highest BCUT2D eigenvalue weighted by Gasteiger charge is 2.24. The Hall–Kier alpha value is -2.56. The van der Waals surface area contributed by atoms with E-state index in [4.69, 9.17) is 4.74 Å². The molecule has 1 aliphatic heterocycles. The number of anilines is 1. The van der Waals surface area contributed by atoms with Gasteiger partial charge in [-0.05, 0) is 37.1 Å². The first kappa shape index (κ1) is 16.3. The highest BCUT2D eigenvalue weighted by atomic mass is 19.1. The van der Waals surface area contributed by atoms with Gasteiger partial charge in [0.25, 0.3) is 0 Å². The van der Waals surface area contributed by atoms with Crippen LogP contribution >= 0.6 is 0 Å². The molecule has 1 unspecified atom stereocenters. The molecule has 1 atom stereocenters. The predicted molar refractivity (Wildman–Crippen MR) is 91.7 cm³/mol. The normalized spacial score (nSPS) is 17.4. The molecule has 5 heteroatoms. The Morgan fingerprint density at radius 3 is 2.71 bits per heavy atom. The van der Waals surface area contributed by atoms with Crippen LogP contribution in [0.5, 0.6) is 5.75 Å². The van der Waals surface area contributed by atoms with E-state index < -0.39 is 0 Å². The summed E-state index contributed by atoms with van der Waals surface area (Å²) in [5, 5.41) is 2.90. The lowest BCUT2D eigenvalue weighted by Crippen LogP contribution is -2.43. The number of piperidine rings is 1. The monoisotopic (exact) mass is 328 g/mol. The first-order chi connectivity index (χ1) is 11.7. The van der Waals surface area contributed by atoms with Crippen molar-refractivity contribution in [3.05, 3.63) is 60.4 Å². The minimum absolute atomic E-state index is 0.100. The minimum Gasteiger partial charge on any atom is -0.490 e. The molecule has 1 fully saturated rings. The topological polar surface area (TPSA) is 41.6 Å². The number of halogens is 1. The molecule has 0 spiro atoms. The van der Waals surface area contributed by atoms with Crippen LogP contribution in [0, 0.1) is 11.7 Å². The number of benzene rings is 2. The maximum absolute atomic E-state index is 13.6. The van der Waals surface area contributed by atoms with E-state index in [-0.39, 0.29) is 23.5 Å². The summed E-state index contributed by atoms with van der Waals surface area (Å²) in [7, 11) is 0. The number of amides is 2. The second-order valence-electron chi connectivity index (χ2n) is 5.99. The molecule has 3 rings (SSSR count). The number of nitrogens with one attached hydrogen (secondary N) is 1. The van der Waals surface area contributed by atoms with Gasteiger partial charge in [0.2, 0.25) is 0 Å². The summed E-state index contributed by atoms with van der Waals surface area (Å²) in [6.07, 6.45) is 1.90. The second kappa shape index (κ2) is 7.81. The number of hydrogen-bond donors (Lipinski definition) is 1. The summed E-state index contributed by atoms with van der Waals surface area (Å²) in [6.45, 7) is 1.76. The number of likely N-dealkylation sites (tertiary alicyclic amines) is 1. The van der Waals surface area contributed by atoms with Gasteiger partial charge < -0.3 is 15.0 Å². The number of hydrogen-bond acceptors (Lipinski definition) is 2. The van der Waals surface area contributed by atoms with E-state index in [9.17, 15) is 9.18 Å². The third-order valence-corrected chi connectivity index (χ3v) is 4.14. The van der Waals surface area contributed by atoms with Crippen LogP contribution in [0.1, 0.15) is 12.8 Å². The van der Waals surface area contributed by atoms with Crippen molar-refractivity contribution in [2.45, 2.75) is 12.8 Å². The van der Waals surface area contributed by atoms with Crippen LogP contribution in [0.2, 0.25) is 0 Å². The standard InChI is InChI=1S/C19H21FN2O2/c20-17-10-4-5-11-18(17)24-14-15-7-6-12-22(13-15)19(23)21-16-8-2-1-3-9-16/h1-5,8-11,15H,6-7,12-14H2,(H,21,23). The lowest BCUT2D eigenvalue weighted by atomic mass is 9.99. The molecular weight excluding hydrogens is 307 g/mol. The first-order valence-corrected chi connectivity index (χ1v) is 8.20. The van der Waals surface area contributed by atoms with Gasteiger partial charge in [-0.15, -0.1) is 0 Å². The van der Waals surface area contributed by atoms with E-state index >= 15 is 0 Å². The van der Waals surface area contributed by atoms with Crippen LogP contribution < -0.4 is 10.1 Å². The van der Waals surface area contributed by atoms with E-state index in [1.165, 1.54) is 6.07 Å². The van der Waals surface area contributed by atoms with E-state index in [1.807, 2.05) is 30.3 Å². The van der Waals surface area contributed by atoms with Gasteiger partial charge in [-0.2, -0.15) is 0 Å². The SMILES string of the molecule is O=C(Nc1ccccc1)N1CCCC(COc2ccccc2F)C1. The predicted octanol–water partition coefficient (Wildman–Crippen LogP) is 4.15. The first-order valence-electron chi connectivity index (χ1n) is 8.20. The summed E-state index contributed by atoms with van der Waals surface area (Å²) in [4.78, 5) is 14.2. The third kappa shape index (κ3) is 4.25. The lowest BCUT2D eigenvalue weighted by molar-refractivity contribution is 0.143. The highest BCUT2D eigenvalue weighted by molar-refractivity contribution is 5.89. The van der Waals surface area contributed by atoms with Crippen LogP contribution in [0.25, 0.3) is 0 Å². The average Bonchev–Trinajstić information content (AvgIpc) is 2.62. The van der Waals surface area contributed by atoms with Gasteiger partial charge in [0.05, 0.1) is 6.61 Å². The van der Waals surface area contributed by atoms with E-state index in [0.29, 0.717) is 13.2 Å². The smallest absolute Gasteiger partial charge is 0.321 e. The number of urea groups is 1. The number of para-hydroxylation sites is 2. The molecule has 2 aromatic carbocycles. The van der Waals surface area contributed by atoms with E-state index in [1.54, 1.807) is 23.1 Å². The minimum atomic E-state index is -0.355. The van der Waals surface area contributed by atoms with Crippen LogP contribution in [-0.2, 0) is 0 Å². The lowest BCUT2D eigenvalue weighted by Gasteiger charge is -2.32. The van der Waals surface area contributed by atoms with Crippen LogP contribution in [-0.4, -0.2) is 30.6 Å². The Kier molecular flexibility index (Phi) is 5.31. The van der Waals surface area contributed by atoms with Crippen molar-refractivity contribution < 1.29 is 13.9 Å². The summed E-state index contributed by atoms with van der Waals surface area (Å²) >= 11 is 0. The quantitative estimate of drug-likeness (QED) is 0.916. The van der Waals surface area contributed by atoms with Crippen LogP contribution in [0.4, 0.5) is 14.9 Å². The van der Waals surface area contributed by atoms with E-state index in [2.05, 4.69) is 5.32 Å². The zero-order valence-corrected chi connectivity index (χ0v) is 13.5. The molecule has 1 saturated heterocycles. The number of nitrogens with zero attached hydrogens (tertiary/aromatic N) is 1. The van der Waals surface area contributed by atoms with Crippen LogP contribution in [0.15, 0.2) is 54.6 Å². The highest BCUT2D eigenvalue weighted by Crippen LogP contribution is 2.21. The molecule has 0 aliphatic carbocycles. The van der Waals surface area contributed by atoms with Gasteiger partial charge in [-0.25, -0.2) is 9.18 Å². The van der Waals surface area contributed by atoms with Gasteiger partial charge >= 0.3 is 6.03 Å². The number of carbonyl (C=O) groups excluding carboxylic acids is 1. The third-order valence-electron chi connectivity index (χ3n) is 4.14. The van der Waals surface area contributed by atoms with Gasteiger partial charge in [0.15, 0.2) is 11.6 Å². The van der Waals surface area contributed by atoms with Gasteiger partial charge in [0.1, 0.15) is 0 Å². The van der Waals surface area contributed by atoms with Crippen molar-refractivity contribution in [2.75, 3.05) is 25.0 Å². The number of rotatable bonds is 4. The summed E-state index contributed by atoms with van der Waals surface area (Å²) < 4.78 is 19.2. The summed E-state index contributed by atoms with van der Waals surface area (Å²) in [5.74, 6) is 0.121. The second-order valence-corrected chi connectivity index (χ2v) is 5.99. The van der Waals surface area contributed by atoms with Crippen molar-refractivity contribution >= 4 is 11.7 Å². The van der Waals surface area contributed by atoms with Crippen molar-refractivity contribution in [1.29, 1.82) is 0 Å². The molecular formula is C19H21FN2O2. The number of carbonyl (C=O) groups is 1. The summed E-state index contributed by atoms with van der Waals surface area (Å²) in [5.41, 5.74) is 0.784. The molecule has 0 bridgehead atoms. The molecule has 24 heavy (non-hydrogen) atoms. The van der Waals surface area contributed by atoms with E-state index in [0.717, 1.165) is 25.1 Å². The fourth-order valence-electron chi connectivity index (χ4n) is 2.88. The molecule has 0 radical (unpaired) electrons. The zero-order valence-electron chi connectivity index (χ0n) is 13.5. The molecule has 1 aliphatic rings. The van der Waals surface area contributed by atoms with Gasteiger partial charge in [-0.3, -0.25) is 0 Å². The Bertz CT molecular complexity index is 678. The van der Waals surface area contributed by atoms with Crippen molar-refractivity contribution in [2.24, 2.45) is 5.92 Å². The van der Waals surface area contributed by atoms with Crippen molar-refractivity contribution in [3.8, 4) is 5.75 Å². The molecule has 4 nitrogen and oxygen atoms in total. The zero-order chi connectivity index (χ0) is 16.8. The Morgan fingerprint density at radius 2 is 1.92 bits per heavy atom. The molecule has 1 heterocycles. The van der Waals surface area contributed by atoms with Crippen molar-refractivity contribution in [1.82, 2.24) is 4.90 Å². The van der Waals surface area contributed by atoms with Gasteiger partial charge in [-0.1, -0.05) is 30.3 Å². The Balaban J connectivity index is 1.52. The van der Waals surface area contributed by atoms with Crippen molar-refractivity contribution in [3.63, 3.8) is 0 Å². The molecule has 0 aromatic heterocycles. The average molecular weight is 328 g/mol. The number of ether oxygens (including phenoxy) is 1. The maximum atomic E-state index is 13.6. The largest absolute Gasteiger partial charge is 0.490 e. The molecule has 1 N–H and O–H groups in total.